The van der Waals surface area contributed by atoms with Gasteiger partial charge in [0.05, 0.1) is 6.04 Å². The smallest absolute Gasteiger partial charge is 0.325 e. The molecule has 0 bridgehead atoms. The van der Waals surface area contributed by atoms with E-state index < -0.39 is 54.3 Å². The number of amides is 3. The van der Waals surface area contributed by atoms with Crippen molar-refractivity contribution in [1.82, 2.24) is 26.3 Å². The minimum atomic E-state index is -1.30. The summed E-state index contributed by atoms with van der Waals surface area (Å²) in [6.45, 7) is 1.95. The van der Waals surface area contributed by atoms with Crippen LogP contribution in [0, 0.1) is 0 Å². The first-order valence-corrected chi connectivity index (χ1v) is 11.8. The molecule has 2 heterocycles. The monoisotopic (exact) mass is 501 g/mol. The average Bonchev–Trinajstić information content (AvgIpc) is 3.51. The van der Waals surface area contributed by atoms with Crippen molar-refractivity contribution < 1.29 is 34.2 Å². The van der Waals surface area contributed by atoms with Gasteiger partial charge in [-0.1, -0.05) is 18.2 Å². The predicted molar refractivity (Wildman–Crippen MR) is 129 cm³/mol. The fourth-order valence-corrected chi connectivity index (χ4v) is 4.09. The van der Waals surface area contributed by atoms with Crippen LogP contribution in [-0.4, -0.2) is 75.6 Å². The lowest BCUT2D eigenvalue weighted by Gasteiger charge is -2.24. The molecule has 3 rings (SSSR count). The molecule has 0 aliphatic carbocycles. The van der Waals surface area contributed by atoms with Crippen LogP contribution in [0.1, 0.15) is 38.2 Å². The second-order valence-corrected chi connectivity index (χ2v) is 8.84. The SMILES string of the molecule is CC(NC(=O)C(CCC(=O)O)NC(=O)C(Cc1c[nH]c2ccccc12)NC(=O)C1CCCN1)C(=O)O. The Morgan fingerprint density at radius 2 is 1.75 bits per heavy atom. The minimum absolute atomic E-state index is 0.118. The number of benzene rings is 1. The van der Waals surface area contributed by atoms with Crippen LogP contribution in [0.15, 0.2) is 30.5 Å². The molecule has 1 aliphatic rings. The quantitative estimate of drug-likeness (QED) is 0.209. The van der Waals surface area contributed by atoms with Crippen LogP contribution in [-0.2, 0) is 30.4 Å². The molecule has 1 fully saturated rings. The highest BCUT2D eigenvalue weighted by Gasteiger charge is 2.31. The van der Waals surface area contributed by atoms with Crippen LogP contribution < -0.4 is 21.3 Å². The van der Waals surface area contributed by atoms with Crippen molar-refractivity contribution in [1.29, 1.82) is 0 Å². The summed E-state index contributed by atoms with van der Waals surface area (Å²) >= 11 is 0. The minimum Gasteiger partial charge on any atom is -0.481 e. The van der Waals surface area contributed by atoms with Crippen LogP contribution in [0.5, 0.6) is 0 Å². The van der Waals surface area contributed by atoms with Crippen molar-refractivity contribution in [2.24, 2.45) is 0 Å². The van der Waals surface area contributed by atoms with E-state index in [2.05, 4.69) is 26.3 Å². The van der Waals surface area contributed by atoms with Crippen molar-refractivity contribution in [3.63, 3.8) is 0 Å². The number of carboxylic acid groups (broad SMARTS) is 2. The number of carbonyl (C=O) groups is 5. The molecule has 7 N–H and O–H groups in total. The fourth-order valence-electron chi connectivity index (χ4n) is 4.09. The number of H-pyrrole nitrogens is 1. The third-order valence-electron chi connectivity index (χ3n) is 6.12. The maximum Gasteiger partial charge on any atom is 0.325 e. The van der Waals surface area contributed by atoms with Gasteiger partial charge in [-0.3, -0.25) is 24.0 Å². The number of hydrogen-bond donors (Lipinski definition) is 7. The molecule has 1 aliphatic heterocycles. The summed E-state index contributed by atoms with van der Waals surface area (Å²) in [6.07, 6.45) is 2.64. The van der Waals surface area contributed by atoms with Crippen molar-refractivity contribution in [3.8, 4) is 0 Å². The van der Waals surface area contributed by atoms with Crippen molar-refractivity contribution in [2.75, 3.05) is 6.54 Å². The van der Waals surface area contributed by atoms with E-state index in [4.69, 9.17) is 10.2 Å². The second kappa shape index (κ2) is 12.2. The van der Waals surface area contributed by atoms with Gasteiger partial charge in [-0.15, -0.1) is 0 Å². The Bertz CT molecular complexity index is 1130. The second-order valence-electron chi connectivity index (χ2n) is 8.84. The summed E-state index contributed by atoms with van der Waals surface area (Å²) < 4.78 is 0. The lowest BCUT2D eigenvalue weighted by molar-refractivity contribution is -0.142. The molecule has 194 valence electrons. The van der Waals surface area contributed by atoms with E-state index in [1.165, 1.54) is 6.92 Å². The highest BCUT2D eigenvalue weighted by molar-refractivity contribution is 5.95. The van der Waals surface area contributed by atoms with E-state index in [1.807, 2.05) is 24.3 Å². The van der Waals surface area contributed by atoms with Gasteiger partial charge < -0.3 is 36.5 Å². The number of rotatable bonds is 12. The third kappa shape index (κ3) is 7.04. The first kappa shape index (κ1) is 26.7. The zero-order valence-electron chi connectivity index (χ0n) is 19.9. The van der Waals surface area contributed by atoms with E-state index in [-0.39, 0.29) is 18.7 Å². The van der Waals surface area contributed by atoms with E-state index in [0.29, 0.717) is 13.0 Å². The maximum atomic E-state index is 13.3. The summed E-state index contributed by atoms with van der Waals surface area (Å²) in [5.41, 5.74) is 1.63. The molecule has 12 nitrogen and oxygen atoms in total. The third-order valence-corrected chi connectivity index (χ3v) is 6.12. The molecular formula is C24H31N5O7. The fraction of sp³-hybridized carbons (Fsp3) is 0.458. The Morgan fingerprint density at radius 3 is 2.42 bits per heavy atom. The highest BCUT2D eigenvalue weighted by atomic mass is 16.4. The van der Waals surface area contributed by atoms with Gasteiger partial charge in [0.15, 0.2) is 0 Å². The summed E-state index contributed by atoms with van der Waals surface area (Å²) in [7, 11) is 0. The number of para-hydroxylation sites is 1. The number of aromatic nitrogens is 1. The molecule has 12 heteroatoms. The number of aliphatic carboxylic acids is 2. The van der Waals surface area contributed by atoms with Crippen LogP contribution in [0.4, 0.5) is 0 Å². The van der Waals surface area contributed by atoms with Gasteiger partial charge in [0.2, 0.25) is 17.7 Å². The van der Waals surface area contributed by atoms with Gasteiger partial charge in [-0.25, -0.2) is 0 Å². The van der Waals surface area contributed by atoms with E-state index in [1.54, 1.807) is 6.20 Å². The number of hydrogen-bond acceptors (Lipinski definition) is 6. The summed E-state index contributed by atoms with van der Waals surface area (Å²) in [5.74, 6) is -4.31. The Morgan fingerprint density at radius 1 is 1.03 bits per heavy atom. The molecule has 4 unspecified atom stereocenters. The molecule has 0 radical (unpaired) electrons. The summed E-state index contributed by atoms with van der Waals surface area (Å²) in [5, 5.41) is 29.6. The summed E-state index contributed by atoms with van der Waals surface area (Å²) in [6, 6.07) is 3.44. The summed E-state index contributed by atoms with van der Waals surface area (Å²) in [4.78, 5) is 64.2. The average molecular weight is 502 g/mol. The van der Waals surface area contributed by atoms with Gasteiger partial charge in [-0.2, -0.15) is 0 Å². The molecule has 1 aromatic carbocycles. The van der Waals surface area contributed by atoms with Crippen molar-refractivity contribution >= 4 is 40.6 Å². The normalized spacial score (nSPS) is 17.6. The molecule has 0 saturated carbocycles. The topological polar surface area (TPSA) is 190 Å². The van der Waals surface area contributed by atoms with E-state index >= 15 is 0 Å². The molecule has 1 saturated heterocycles. The molecule has 3 amide bonds. The van der Waals surface area contributed by atoms with Gasteiger partial charge in [-0.05, 0) is 44.4 Å². The van der Waals surface area contributed by atoms with Gasteiger partial charge >= 0.3 is 11.9 Å². The predicted octanol–water partition coefficient (Wildman–Crippen LogP) is -0.114. The van der Waals surface area contributed by atoms with Crippen LogP contribution in [0.3, 0.4) is 0 Å². The zero-order valence-corrected chi connectivity index (χ0v) is 19.9. The van der Waals surface area contributed by atoms with Crippen LogP contribution in [0.25, 0.3) is 10.9 Å². The highest BCUT2D eigenvalue weighted by Crippen LogP contribution is 2.19. The first-order valence-electron chi connectivity index (χ1n) is 11.8. The zero-order chi connectivity index (χ0) is 26.2. The molecule has 0 spiro atoms. The van der Waals surface area contributed by atoms with E-state index in [9.17, 15) is 24.0 Å². The maximum absolute atomic E-state index is 13.3. The molecule has 1 aromatic heterocycles. The molecule has 4 atom stereocenters. The number of aromatic amines is 1. The van der Waals surface area contributed by atoms with Gasteiger partial charge in [0.1, 0.15) is 18.1 Å². The lowest BCUT2D eigenvalue weighted by atomic mass is 10.0. The first-order chi connectivity index (χ1) is 17.2. The van der Waals surface area contributed by atoms with Gasteiger partial charge in [0, 0.05) is 29.9 Å². The Kier molecular flexibility index (Phi) is 9.01. The lowest BCUT2D eigenvalue weighted by Crippen LogP contribution is -2.57. The number of nitrogens with one attached hydrogen (secondary N) is 5. The van der Waals surface area contributed by atoms with Crippen LogP contribution in [0.2, 0.25) is 0 Å². The van der Waals surface area contributed by atoms with Crippen molar-refractivity contribution in [3.05, 3.63) is 36.0 Å². The Labute approximate surface area is 207 Å². The molecular weight excluding hydrogens is 470 g/mol. The number of carboxylic acids is 2. The largest absolute Gasteiger partial charge is 0.481 e. The van der Waals surface area contributed by atoms with E-state index in [0.717, 1.165) is 22.9 Å². The Balaban J connectivity index is 1.81. The van der Waals surface area contributed by atoms with Crippen molar-refractivity contribution in [2.45, 2.75) is 63.2 Å². The standard InChI is InChI=1S/C24H31N5O7/c1-13(24(35)36)27-22(33)18(8-9-20(30)31)28-23(34)19(29-21(32)17-7-4-10-25-17)11-14-12-26-16-6-3-2-5-15(14)16/h2-3,5-6,12-13,17-19,25-26H,4,7-11H2,1H3,(H,27,33)(H,28,34)(H,29,32)(H,30,31)(H,35,36). The molecule has 36 heavy (non-hydrogen) atoms. The molecule has 2 aromatic rings. The number of carbonyl (C=O) groups excluding carboxylic acids is 3. The van der Waals surface area contributed by atoms with Gasteiger partial charge in [0.25, 0.3) is 0 Å². The number of fused-ring (bicyclic) bond motifs is 1. The Hall–Kier alpha value is -3.93. The van der Waals surface area contributed by atoms with Crippen LogP contribution >= 0.6 is 0 Å².